The Hall–Kier alpha value is -0.930. The smallest absolute Gasteiger partial charge is 0.123 e. The van der Waals surface area contributed by atoms with Gasteiger partial charge >= 0.3 is 0 Å². The number of nitrogens with zero attached hydrogens (tertiary/aromatic N) is 1. The third-order valence-corrected chi connectivity index (χ3v) is 4.57. The molecule has 0 heterocycles. The zero-order valence-corrected chi connectivity index (χ0v) is 12.7. The Morgan fingerprint density at radius 1 is 1.45 bits per heavy atom. The van der Waals surface area contributed by atoms with Crippen LogP contribution in [-0.4, -0.2) is 25.0 Å². The van der Waals surface area contributed by atoms with Crippen molar-refractivity contribution >= 4 is 0 Å². The molecular formula is C17H27FN2. The first-order valence-electron chi connectivity index (χ1n) is 7.66. The van der Waals surface area contributed by atoms with Crippen molar-refractivity contribution < 1.29 is 4.39 Å². The Labute approximate surface area is 122 Å². The minimum Gasteiger partial charge on any atom is -0.330 e. The molecule has 1 fully saturated rings. The highest BCUT2D eigenvalue weighted by Gasteiger charge is 2.34. The molecule has 0 aromatic heterocycles. The topological polar surface area (TPSA) is 29.3 Å². The average Bonchev–Trinajstić information content (AvgIpc) is 2.38. The van der Waals surface area contributed by atoms with E-state index in [1.807, 2.05) is 6.07 Å². The van der Waals surface area contributed by atoms with Crippen molar-refractivity contribution in [1.82, 2.24) is 4.90 Å². The summed E-state index contributed by atoms with van der Waals surface area (Å²) in [7, 11) is 2.11. The molecule has 1 saturated carbocycles. The lowest BCUT2D eigenvalue weighted by molar-refractivity contribution is 0.0981. The second-order valence-corrected chi connectivity index (χ2v) is 6.71. The molecule has 2 atom stereocenters. The van der Waals surface area contributed by atoms with Gasteiger partial charge in [0.15, 0.2) is 0 Å². The molecule has 3 heteroatoms. The van der Waals surface area contributed by atoms with Crippen LogP contribution in [0.5, 0.6) is 0 Å². The molecule has 20 heavy (non-hydrogen) atoms. The van der Waals surface area contributed by atoms with E-state index >= 15 is 0 Å². The number of halogens is 1. The predicted octanol–water partition coefficient (Wildman–Crippen LogP) is 3.41. The zero-order chi connectivity index (χ0) is 14.6. The van der Waals surface area contributed by atoms with E-state index in [-0.39, 0.29) is 11.2 Å². The fraction of sp³-hybridized carbons (Fsp3) is 0.647. The van der Waals surface area contributed by atoms with E-state index in [0.717, 1.165) is 31.1 Å². The summed E-state index contributed by atoms with van der Waals surface area (Å²) in [4.78, 5) is 2.29. The average molecular weight is 278 g/mol. The van der Waals surface area contributed by atoms with Crippen LogP contribution in [0.1, 0.15) is 38.2 Å². The second-order valence-electron chi connectivity index (χ2n) is 6.71. The number of hydrogen-bond donors (Lipinski definition) is 1. The van der Waals surface area contributed by atoms with Gasteiger partial charge < -0.3 is 10.6 Å². The molecule has 1 aromatic rings. The van der Waals surface area contributed by atoms with E-state index in [1.54, 1.807) is 12.1 Å². The lowest BCUT2D eigenvalue weighted by Crippen LogP contribution is -2.44. The number of hydrogen-bond acceptors (Lipinski definition) is 2. The van der Waals surface area contributed by atoms with Crippen molar-refractivity contribution in [2.45, 2.75) is 39.2 Å². The molecule has 0 aliphatic heterocycles. The minimum absolute atomic E-state index is 0.157. The fourth-order valence-electron chi connectivity index (χ4n) is 3.74. The molecule has 2 unspecified atom stereocenters. The Kier molecular flexibility index (Phi) is 5.17. The molecule has 1 aromatic carbocycles. The lowest BCUT2D eigenvalue weighted by Gasteiger charge is -2.41. The molecule has 2 nitrogen and oxygen atoms in total. The molecular weight excluding hydrogens is 251 g/mol. The van der Waals surface area contributed by atoms with E-state index in [0.29, 0.717) is 0 Å². The fourth-order valence-corrected chi connectivity index (χ4v) is 3.74. The Morgan fingerprint density at radius 3 is 2.90 bits per heavy atom. The summed E-state index contributed by atoms with van der Waals surface area (Å²) in [5.74, 6) is 0.616. The van der Waals surface area contributed by atoms with Crippen LogP contribution in [0.4, 0.5) is 4.39 Å². The van der Waals surface area contributed by atoms with Gasteiger partial charge in [0.2, 0.25) is 0 Å². The van der Waals surface area contributed by atoms with Gasteiger partial charge in [0.1, 0.15) is 5.82 Å². The number of rotatable bonds is 5. The maximum absolute atomic E-state index is 13.2. The van der Waals surface area contributed by atoms with Gasteiger partial charge in [-0.3, -0.25) is 0 Å². The first kappa shape index (κ1) is 15.5. The summed E-state index contributed by atoms with van der Waals surface area (Å²) in [5, 5.41) is 0. The van der Waals surface area contributed by atoms with Crippen molar-refractivity contribution in [3.63, 3.8) is 0 Å². The molecule has 0 amide bonds. The maximum Gasteiger partial charge on any atom is 0.123 e. The van der Waals surface area contributed by atoms with Crippen molar-refractivity contribution in [3.8, 4) is 0 Å². The van der Waals surface area contributed by atoms with Crippen molar-refractivity contribution in [3.05, 3.63) is 35.6 Å². The molecule has 0 saturated heterocycles. The van der Waals surface area contributed by atoms with Crippen LogP contribution < -0.4 is 5.73 Å². The first-order valence-corrected chi connectivity index (χ1v) is 7.66. The molecule has 0 bridgehead atoms. The summed E-state index contributed by atoms with van der Waals surface area (Å²) < 4.78 is 13.2. The monoisotopic (exact) mass is 278 g/mol. The summed E-state index contributed by atoms with van der Waals surface area (Å²) in [5.41, 5.74) is 7.36. The van der Waals surface area contributed by atoms with Gasteiger partial charge in [-0.25, -0.2) is 4.39 Å². The van der Waals surface area contributed by atoms with Gasteiger partial charge in [0.25, 0.3) is 0 Å². The van der Waals surface area contributed by atoms with Gasteiger partial charge in [-0.15, -0.1) is 0 Å². The molecule has 2 N–H and O–H groups in total. The van der Waals surface area contributed by atoms with Crippen molar-refractivity contribution in [1.29, 1.82) is 0 Å². The SMILES string of the molecule is CC1CCCC(CN)(CN(C)Cc2cccc(F)c2)C1. The van der Waals surface area contributed by atoms with Crippen LogP contribution in [0, 0.1) is 17.2 Å². The van der Waals surface area contributed by atoms with Crippen LogP contribution in [0.25, 0.3) is 0 Å². The van der Waals surface area contributed by atoms with Gasteiger partial charge in [0, 0.05) is 13.1 Å². The standard InChI is InChI=1S/C17H27FN2/c1-14-5-4-8-17(10-14,12-19)13-20(2)11-15-6-3-7-16(18)9-15/h3,6-7,9,14H,4-5,8,10-13,19H2,1-2H3. The molecule has 0 radical (unpaired) electrons. The highest BCUT2D eigenvalue weighted by molar-refractivity contribution is 5.16. The summed E-state index contributed by atoms with van der Waals surface area (Å²) in [6.45, 7) is 4.87. The second kappa shape index (κ2) is 6.68. The van der Waals surface area contributed by atoms with E-state index in [2.05, 4.69) is 18.9 Å². The highest BCUT2D eigenvalue weighted by atomic mass is 19.1. The zero-order valence-electron chi connectivity index (χ0n) is 12.7. The van der Waals surface area contributed by atoms with Crippen LogP contribution in [0.3, 0.4) is 0 Å². The van der Waals surface area contributed by atoms with E-state index in [9.17, 15) is 4.39 Å². The van der Waals surface area contributed by atoms with Crippen molar-refractivity contribution in [2.75, 3.05) is 20.1 Å². The van der Waals surface area contributed by atoms with Gasteiger partial charge in [-0.1, -0.05) is 31.9 Å². The van der Waals surface area contributed by atoms with E-state index < -0.39 is 0 Å². The summed E-state index contributed by atoms with van der Waals surface area (Å²) >= 11 is 0. The van der Waals surface area contributed by atoms with E-state index in [1.165, 1.54) is 31.7 Å². The number of nitrogens with two attached hydrogens (primary N) is 1. The normalized spacial score (nSPS) is 26.9. The Balaban J connectivity index is 1.97. The van der Waals surface area contributed by atoms with Crippen LogP contribution in [0.15, 0.2) is 24.3 Å². The molecule has 112 valence electrons. The van der Waals surface area contributed by atoms with Gasteiger partial charge in [0.05, 0.1) is 0 Å². The molecule has 1 aliphatic rings. The highest BCUT2D eigenvalue weighted by Crippen LogP contribution is 2.39. The van der Waals surface area contributed by atoms with Crippen LogP contribution in [0.2, 0.25) is 0 Å². The van der Waals surface area contributed by atoms with Crippen molar-refractivity contribution in [2.24, 2.45) is 17.1 Å². The predicted molar refractivity (Wildman–Crippen MR) is 81.9 cm³/mol. The molecule has 0 spiro atoms. The Bertz CT molecular complexity index is 435. The quantitative estimate of drug-likeness (QED) is 0.894. The Morgan fingerprint density at radius 2 is 2.25 bits per heavy atom. The summed E-state index contributed by atoms with van der Waals surface area (Å²) in [6, 6.07) is 6.88. The summed E-state index contributed by atoms with van der Waals surface area (Å²) in [6.07, 6.45) is 5.06. The molecule has 2 rings (SSSR count). The maximum atomic E-state index is 13.2. The van der Waals surface area contributed by atoms with Crippen LogP contribution >= 0.6 is 0 Å². The number of benzene rings is 1. The van der Waals surface area contributed by atoms with Crippen LogP contribution in [-0.2, 0) is 6.54 Å². The largest absolute Gasteiger partial charge is 0.330 e. The van der Waals surface area contributed by atoms with E-state index in [4.69, 9.17) is 5.73 Å². The lowest BCUT2D eigenvalue weighted by atomic mass is 9.70. The van der Waals surface area contributed by atoms with Gasteiger partial charge in [-0.2, -0.15) is 0 Å². The minimum atomic E-state index is -0.157. The first-order chi connectivity index (χ1) is 9.53. The third kappa shape index (κ3) is 4.03. The third-order valence-electron chi connectivity index (χ3n) is 4.57. The van der Waals surface area contributed by atoms with Gasteiger partial charge in [-0.05, 0) is 55.5 Å². The molecule has 1 aliphatic carbocycles.